The molecule has 0 aliphatic rings. The van der Waals surface area contributed by atoms with Crippen molar-refractivity contribution in [1.82, 2.24) is 0 Å². The summed E-state index contributed by atoms with van der Waals surface area (Å²) in [6.45, 7) is 0.301. The predicted octanol–water partition coefficient (Wildman–Crippen LogP) is 2.17. The number of benzene rings is 2. The minimum absolute atomic E-state index is 0.0979. The number of anilines is 1. The van der Waals surface area contributed by atoms with Crippen molar-refractivity contribution in [2.75, 3.05) is 19.0 Å². The molecule has 0 aliphatic heterocycles. The van der Waals surface area contributed by atoms with Gasteiger partial charge in [-0.2, -0.15) is 0 Å². The van der Waals surface area contributed by atoms with Crippen molar-refractivity contribution >= 4 is 11.6 Å². The van der Waals surface area contributed by atoms with Gasteiger partial charge in [-0.1, -0.05) is 24.3 Å². The maximum atomic E-state index is 11.8. The Morgan fingerprint density at radius 1 is 1.14 bits per heavy atom. The smallest absolute Gasteiger partial charge is 0.262 e. The van der Waals surface area contributed by atoms with Gasteiger partial charge in [0.05, 0.1) is 7.11 Å². The molecule has 5 heteroatoms. The Morgan fingerprint density at radius 3 is 2.57 bits per heavy atom. The van der Waals surface area contributed by atoms with Gasteiger partial charge < -0.3 is 20.5 Å². The van der Waals surface area contributed by atoms with Crippen LogP contribution in [-0.2, 0) is 11.3 Å². The first-order valence-corrected chi connectivity index (χ1v) is 6.57. The van der Waals surface area contributed by atoms with Gasteiger partial charge in [0.1, 0.15) is 0 Å². The number of carbonyl (C=O) groups excluding carboxylic acids is 1. The molecule has 1 amide bonds. The lowest BCUT2D eigenvalue weighted by Gasteiger charge is -2.12. The summed E-state index contributed by atoms with van der Waals surface area (Å²) in [5.41, 5.74) is 7.23. The van der Waals surface area contributed by atoms with Crippen LogP contribution in [0.1, 0.15) is 5.56 Å². The molecule has 0 bridgehead atoms. The number of para-hydroxylation sites is 1. The summed E-state index contributed by atoms with van der Waals surface area (Å²) in [6, 6.07) is 14.6. The van der Waals surface area contributed by atoms with Crippen molar-refractivity contribution in [3.63, 3.8) is 0 Å². The van der Waals surface area contributed by atoms with Gasteiger partial charge in [0.2, 0.25) is 0 Å². The van der Waals surface area contributed by atoms with E-state index in [1.165, 1.54) is 0 Å². The molecule has 110 valence electrons. The molecule has 2 rings (SSSR count). The molecule has 5 nitrogen and oxygen atoms in total. The van der Waals surface area contributed by atoms with Crippen molar-refractivity contribution in [1.29, 1.82) is 0 Å². The lowest BCUT2D eigenvalue weighted by atomic mass is 10.2. The lowest BCUT2D eigenvalue weighted by Crippen LogP contribution is -2.20. The number of amides is 1. The largest absolute Gasteiger partial charge is 0.493 e. The molecular formula is C16H18N2O3. The average molecular weight is 286 g/mol. The number of hydrogen-bond acceptors (Lipinski definition) is 4. The van der Waals surface area contributed by atoms with E-state index in [1.807, 2.05) is 36.4 Å². The Morgan fingerprint density at radius 2 is 1.90 bits per heavy atom. The lowest BCUT2D eigenvalue weighted by molar-refractivity contribution is -0.118. The van der Waals surface area contributed by atoms with Crippen molar-refractivity contribution in [2.24, 2.45) is 5.73 Å². The van der Waals surface area contributed by atoms with Crippen LogP contribution in [0.2, 0.25) is 0 Å². The summed E-state index contributed by atoms with van der Waals surface area (Å²) < 4.78 is 10.7. The summed E-state index contributed by atoms with van der Waals surface area (Å²) >= 11 is 0. The first-order chi connectivity index (χ1) is 10.2. The fourth-order valence-electron chi connectivity index (χ4n) is 1.82. The molecular weight excluding hydrogens is 268 g/mol. The zero-order valence-electron chi connectivity index (χ0n) is 11.8. The highest BCUT2D eigenvalue weighted by molar-refractivity contribution is 5.91. The van der Waals surface area contributed by atoms with Crippen molar-refractivity contribution in [2.45, 2.75) is 6.54 Å². The van der Waals surface area contributed by atoms with Crippen LogP contribution >= 0.6 is 0 Å². The quantitative estimate of drug-likeness (QED) is 0.853. The van der Waals surface area contributed by atoms with Gasteiger partial charge in [-0.15, -0.1) is 0 Å². The number of nitrogens with one attached hydrogen (secondary N) is 1. The summed E-state index contributed by atoms with van der Waals surface area (Å²) in [5.74, 6) is 0.838. The van der Waals surface area contributed by atoms with Gasteiger partial charge >= 0.3 is 0 Å². The fraction of sp³-hybridized carbons (Fsp3) is 0.188. The Hall–Kier alpha value is -2.53. The van der Waals surface area contributed by atoms with Crippen LogP contribution in [-0.4, -0.2) is 19.6 Å². The van der Waals surface area contributed by atoms with Crippen LogP contribution in [0.15, 0.2) is 48.5 Å². The van der Waals surface area contributed by atoms with E-state index in [9.17, 15) is 4.79 Å². The van der Waals surface area contributed by atoms with Crippen LogP contribution in [0, 0.1) is 0 Å². The zero-order chi connectivity index (χ0) is 15.1. The first-order valence-electron chi connectivity index (χ1n) is 6.57. The molecule has 2 aromatic rings. The van der Waals surface area contributed by atoms with Gasteiger partial charge in [0.15, 0.2) is 18.1 Å². The minimum Gasteiger partial charge on any atom is -0.493 e. The maximum Gasteiger partial charge on any atom is 0.262 e. The summed E-state index contributed by atoms with van der Waals surface area (Å²) in [7, 11) is 1.55. The number of carbonyl (C=O) groups is 1. The summed E-state index contributed by atoms with van der Waals surface area (Å²) in [5, 5.41) is 2.75. The molecule has 0 spiro atoms. The van der Waals surface area contributed by atoms with Crippen LogP contribution in [0.3, 0.4) is 0 Å². The first kappa shape index (κ1) is 14.9. The normalized spacial score (nSPS) is 10.0. The predicted molar refractivity (Wildman–Crippen MR) is 81.5 cm³/mol. The van der Waals surface area contributed by atoms with Crippen LogP contribution in [0.25, 0.3) is 0 Å². The summed E-state index contributed by atoms with van der Waals surface area (Å²) in [4.78, 5) is 11.8. The van der Waals surface area contributed by atoms with Crippen LogP contribution < -0.4 is 20.5 Å². The van der Waals surface area contributed by atoms with Gasteiger partial charge in [-0.25, -0.2) is 0 Å². The number of ether oxygens (including phenoxy) is 2. The molecule has 3 N–H and O–H groups in total. The van der Waals surface area contributed by atoms with E-state index in [0.29, 0.717) is 18.0 Å². The van der Waals surface area contributed by atoms with Crippen molar-refractivity contribution < 1.29 is 14.3 Å². The molecule has 0 unspecified atom stereocenters. The van der Waals surface area contributed by atoms with E-state index in [1.54, 1.807) is 19.2 Å². The van der Waals surface area contributed by atoms with Crippen molar-refractivity contribution in [3.05, 3.63) is 54.1 Å². The van der Waals surface area contributed by atoms with E-state index in [2.05, 4.69) is 5.32 Å². The topological polar surface area (TPSA) is 73.6 Å². The van der Waals surface area contributed by atoms with Gasteiger partial charge in [0.25, 0.3) is 5.91 Å². The second kappa shape index (κ2) is 7.31. The molecule has 0 radical (unpaired) electrons. The molecule has 0 saturated heterocycles. The second-order valence-corrected chi connectivity index (χ2v) is 4.39. The van der Waals surface area contributed by atoms with Gasteiger partial charge in [0, 0.05) is 12.2 Å². The Bertz CT molecular complexity index is 600. The number of nitrogens with two attached hydrogens (primary N) is 1. The highest BCUT2D eigenvalue weighted by atomic mass is 16.5. The number of rotatable bonds is 6. The minimum atomic E-state index is -0.235. The Labute approximate surface area is 123 Å². The van der Waals surface area contributed by atoms with E-state index >= 15 is 0 Å². The standard InChI is InChI=1S/C16H18N2O3/c1-20-14-8-7-12(10-17)9-15(14)21-11-16(19)18-13-5-3-2-4-6-13/h2-9H,10-11,17H2,1H3,(H,18,19). The van der Waals surface area contributed by atoms with Crippen LogP contribution in [0.4, 0.5) is 5.69 Å². The monoisotopic (exact) mass is 286 g/mol. The molecule has 21 heavy (non-hydrogen) atoms. The third kappa shape index (κ3) is 4.22. The highest BCUT2D eigenvalue weighted by Gasteiger charge is 2.08. The maximum absolute atomic E-state index is 11.8. The number of methoxy groups -OCH3 is 1. The van der Waals surface area contributed by atoms with Gasteiger partial charge in [-0.3, -0.25) is 4.79 Å². The third-order valence-corrected chi connectivity index (χ3v) is 2.88. The van der Waals surface area contributed by atoms with Gasteiger partial charge in [-0.05, 0) is 29.8 Å². The summed E-state index contributed by atoms with van der Waals surface area (Å²) in [6.07, 6.45) is 0. The third-order valence-electron chi connectivity index (χ3n) is 2.88. The van der Waals surface area contributed by atoms with E-state index in [-0.39, 0.29) is 12.5 Å². The number of hydrogen-bond donors (Lipinski definition) is 2. The molecule has 2 aromatic carbocycles. The Balaban J connectivity index is 1.97. The van der Waals surface area contributed by atoms with Crippen LogP contribution in [0.5, 0.6) is 11.5 Å². The SMILES string of the molecule is COc1ccc(CN)cc1OCC(=O)Nc1ccccc1. The Kier molecular flexibility index (Phi) is 5.17. The van der Waals surface area contributed by atoms with E-state index < -0.39 is 0 Å². The average Bonchev–Trinajstić information content (AvgIpc) is 2.53. The molecule has 0 fully saturated rings. The molecule has 0 atom stereocenters. The van der Waals surface area contributed by atoms with E-state index in [4.69, 9.17) is 15.2 Å². The van der Waals surface area contributed by atoms with E-state index in [0.717, 1.165) is 11.3 Å². The molecule has 0 aromatic heterocycles. The zero-order valence-corrected chi connectivity index (χ0v) is 11.8. The second-order valence-electron chi connectivity index (χ2n) is 4.39. The molecule has 0 heterocycles. The highest BCUT2D eigenvalue weighted by Crippen LogP contribution is 2.27. The van der Waals surface area contributed by atoms with Crippen molar-refractivity contribution in [3.8, 4) is 11.5 Å². The molecule has 0 aliphatic carbocycles. The fourth-order valence-corrected chi connectivity index (χ4v) is 1.82. The molecule has 0 saturated carbocycles.